The summed E-state index contributed by atoms with van der Waals surface area (Å²) in [5.41, 5.74) is 5.27. The Morgan fingerprint density at radius 3 is 3.15 bits per heavy atom. The second-order valence-corrected chi connectivity index (χ2v) is 7.76. The number of rotatable bonds is 8. The van der Waals surface area contributed by atoms with Crippen molar-refractivity contribution in [1.29, 1.82) is 0 Å². The van der Waals surface area contributed by atoms with Crippen LogP contribution in [0.4, 0.5) is 0 Å². The molecule has 1 heterocycles. The molecular formula is C15H24N2OS2. The van der Waals surface area contributed by atoms with E-state index in [0.717, 1.165) is 44.4 Å². The molecule has 1 aromatic rings. The summed E-state index contributed by atoms with van der Waals surface area (Å²) in [5.74, 6) is 1.29. The lowest BCUT2D eigenvalue weighted by atomic mass is 9.84. The topological polar surface area (TPSA) is 55.1 Å². The van der Waals surface area contributed by atoms with E-state index in [1.54, 1.807) is 11.3 Å². The van der Waals surface area contributed by atoms with Crippen LogP contribution >= 0.6 is 23.1 Å². The fourth-order valence-corrected chi connectivity index (χ4v) is 5.02. The second kappa shape index (κ2) is 7.48. The van der Waals surface area contributed by atoms with Gasteiger partial charge in [0.25, 0.3) is 0 Å². The zero-order valence-electron chi connectivity index (χ0n) is 12.1. The standard InChI is InChI=1S/C15H24N2OS2/c1-2-9-17-15(14(16)18)8-3-5-12(15)7-11-20-13-6-4-10-19-13/h4,6,10,12,17H,2-3,5,7-9,11H2,1H3,(H2,16,18). The number of carbonyl (C=O) groups is 1. The zero-order chi connectivity index (χ0) is 14.4. The summed E-state index contributed by atoms with van der Waals surface area (Å²) in [5, 5.41) is 5.56. The predicted octanol–water partition coefficient (Wildman–Crippen LogP) is 3.25. The maximum absolute atomic E-state index is 12.0. The smallest absolute Gasteiger partial charge is 0.238 e. The van der Waals surface area contributed by atoms with Crippen LogP contribution in [0.15, 0.2) is 21.7 Å². The van der Waals surface area contributed by atoms with Crippen molar-refractivity contribution in [2.45, 2.75) is 48.8 Å². The number of thioether (sulfide) groups is 1. The molecule has 0 spiro atoms. The summed E-state index contributed by atoms with van der Waals surface area (Å²) >= 11 is 3.67. The summed E-state index contributed by atoms with van der Waals surface area (Å²) in [7, 11) is 0. The van der Waals surface area contributed by atoms with Gasteiger partial charge in [0.05, 0.1) is 4.21 Å². The van der Waals surface area contributed by atoms with E-state index in [2.05, 4.69) is 29.8 Å². The van der Waals surface area contributed by atoms with Crippen LogP contribution in [0.1, 0.15) is 39.0 Å². The van der Waals surface area contributed by atoms with Gasteiger partial charge in [-0.2, -0.15) is 0 Å². The predicted molar refractivity (Wildman–Crippen MR) is 87.2 cm³/mol. The normalized spacial score (nSPS) is 25.9. The summed E-state index contributed by atoms with van der Waals surface area (Å²) < 4.78 is 1.36. The lowest BCUT2D eigenvalue weighted by Crippen LogP contribution is -2.58. The fraction of sp³-hybridized carbons (Fsp3) is 0.667. The van der Waals surface area contributed by atoms with Gasteiger partial charge in [0, 0.05) is 0 Å². The molecule has 0 saturated heterocycles. The van der Waals surface area contributed by atoms with E-state index in [9.17, 15) is 4.79 Å². The van der Waals surface area contributed by atoms with Crippen LogP contribution in [-0.4, -0.2) is 23.7 Å². The highest BCUT2D eigenvalue weighted by molar-refractivity contribution is 8.01. The van der Waals surface area contributed by atoms with Crippen LogP contribution in [0.2, 0.25) is 0 Å². The molecule has 3 N–H and O–H groups in total. The van der Waals surface area contributed by atoms with Gasteiger partial charge >= 0.3 is 0 Å². The van der Waals surface area contributed by atoms with Gasteiger partial charge in [-0.1, -0.05) is 19.4 Å². The third-order valence-electron chi connectivity index (χ3n) is 4.16. The van der Waals surface area contributed by atoms with Crippen molar-refractivity contribution in [1.82, 2.24) is 5.32 Å². The average molecular weight is 313 g/mol. The minimum atomic E-state index is -0.452. The Kier molecular flexibility index (Phi) is 5.93. The largest absolute Gasteiger partial charge is 0.368 e. The van der Waals surface area contributed by atoms with Crippen molar-refractivity contribution in [2.24, 2.45) is 11.7 Å². The number of primary amides is 1. The first-order valence-electron chi connectivity index (χ1n) is 7.40. The van der Waals surface area contributed by atoms with Crippen LogP contribution in [0, 0.1) is 5.92 Å². The van der Waals surface area contributed by atoms with Gasteiger partial charge in [0.2, 0.25) is 5.91 Å². The molecule has 0 bridgehead atoms. The molecule has 3 nitrogen and oxygen atoms in total. The van der Waals surface area contributed by atoms with Gasteiger partial charge in [0.1, 0.15) is 5.54 Å². The molecule has 0 radical (unpaired) electrons. The number of hydrogen-bond donors (Lipinski definition) is 2. The Balaban J connectivity index is 1.92. The highest BCUT2D eigenvalue weighted by Gasteiger charge is 2.46. The van der Waals surface area contributed by atoms with Crippen molar-refractivity contribution in [3.8, 4) is 0 Å². The molecule has 0 aromatic carbocycles. The van der Waals surface area contributed by atoms with Gasteiger partial charge in [-0.05, 0) is 55.3 Å². The van der Waals surface area contributed by atoms with Crippen LogP contribution < -0.4 is 11.1 Å². The van der Waals surface area contributed by atoms with Gasteiger partial charge in [-0.25, -0.2) is 0 Å². The van der Waals surface area contributed by atoms with Crippen LogP contribution in [0.25, 0.3) is 0 Å². The number of thiophene rings is 1. The number of carbonyl (C=O) groups excluding carboxylic acids is 1. The molecule has 2 rings (SSSR count). The lowest BCUT2D eigenvalue weighted by molar-refractivity contribution is -0.126. The lowest BCUT2D eigenvalue weighted by Gasteiger charge is -2.33. The Hall–Kier alpha value is -0.520. The van der Waals surface area contributed by atoms with Crippen molar-refractivity contribution in [2.75, 3.05) is 12.3 Å². The molecule has 1 saturated carbocycles. The maximum atomic E-state index is 12.0. The minimum Gasteiger partial charge on any atom is -0.368 e. The Morgan fingerprint density at radius 1 is 1.65 bits per heavy atom. The summed E-state index contributed by atoms with van der Waals surface area (Å²) in [6.07, 6.45) is 5.21. The van der Waals surface area contributed by atoms with Crippen LogP contribution in [-0.2, 0) is 4.79 Å². The van der Waals surface area contributed by atoms with Crippen LogP contribution in [0.3, 0.4) is 0 Å². The monoisotopic (exact) mass is 312 g/mol. The van der Waals surface area contributed by atoms with Gasteiger partial charge in [-0.3, -0.25) is 4.79 Å². The summed E-state index contributed by atoms with van der Waals surface area (Å²) in [4.78, 5) is 12.0. The van der Waals surface area contributed by atoms with E-state index in [1.807, 2.05) is 11.8 Å². The van der Waals surface area contributed by atoms with E-state index in [4.69, 9.17) is 5.73 Å². The maximum Gasteiger partial charge on any atom is 0.238 e. The van der Waals surface area contributed by atoms with E-state index >= 15 is 0 Å². The highest BCUT2D eigenvalue weighted by Crippen LogP contribution is 2.39. The molecule has 1 aliphatic rings. The van der Waals surface area contributed by atoms with Gasteiger partial charge < -0.3 is 11.1 Å². The van der Waals surface area contributed by atoms with Crippen molar-refractivity contribution in [3.63, 3.8) is 0 Å². The number of nitrogens with one attached hydrogen (secondary N) is 1. The van der Waals surface area contributed by atoms with Crippen molar-refractivity contribution in [3.05, 3.63) is 17.5 Å². The Morgan fingerprint density at radius 2 is 2.50 bits per heavy atom. The average Bonchev–Trinajstić information content (AvgIpc) is 3.06. The molecule has 1 fully saturated rings. The van der Waals surface area contributed by atoms with Gasteiger partial charge in [-0.15, -0.1) is 23.1 Å². The van der Waals surface area contributed by atoms with Crippen molar-refractivity contribution < 1.29 is 4.79 Å². The highest BCUT2D eigenvalue weighted by atomic mass is 32.2. The molecular weight excluding hydrogens is 288 g/mol. The third kappa shape index (κ3) is 3.57. The summed E-state index contributed by atoms with van der Waals surface area (Å²) in [6.45, 7) is 3.00. The Bertz CT molecular complexity index is 422. The first-order valence-corrected chi connectivity index (χ1v) is 9.27. The van der Waals surface area contributed by atoms with E-state index in [-0.39, 0.29) is 5.91 Å². The zero-order valence-corrected chi connectivity index (χ0v) is 13.7. The van der Waals surface area contributed by atoms with Gasteiger partial charge in [0.15, 0.2) is 0 Å². The second-order valence-electron chi connectivity index (χ2n) is 5.42. The molecule has 112 valence electrons. The number of nitrogens with two attached hydrogens (primary N) is 1. The van der Waals surface area contributed by atoms with Crippen molar-refractivity contribution >= 4 is 29.0 Å². The molecule has 2 unspecified atom stereocenters. The van der Waals surface area contributed by atoms with Crippen LogP contribution in [0.5, 0.6) is 0 Å². The molecule has 1 aliphatic carbocycles. The third-order valence-corrected chi connectivity index (χ3v) is 6.32. The number of amides is 1. The molecule has 5 heteroatoms. The molecule has 20 heavy (non-hydrogen) atoms. The SMILES string of the molecule is CCCNC1(C(N)=O)CCCC1CCSc1cccs1. The quantitative estimate of drug-likeness (QED) is 0.725. The first kappa shape index (κ1) is 15.9. The molecule has 1 amide bonds. The molecule has 2 atom stereocenters. The van der Waals surface area contributed by atoms with E-state index < -0.39 is 5.54 Å². The first-order chi connectivity index (χ1) is 9.69. The van der Waals surface area contributed by atoms with E-state index in [0.29, 0.717) is 5.92 Å². The van der Waals surface area contributed by atoms with E-state index in [1.165, 1.54) is 4.21 Å². The number of hydrogen-bond acceptors (Lipinski definition) is 4. The Labute approximate surface area is 129 Å². The molecule has 0 aliphatic heterocycles. The summed E-state index contributed by atoms with van der Waals surface area (Å²) in [6, 6.07) is 4.24. The molecule has 1 aromatic heterocycles. The fourth-order valence-electron chi connectivity index (χ4n) is 3.11. The minimum absolute atomic E-state index is 0.158.